The van der Waals surface area contributed by atoms with Crippen LogP contribution in [0, 0.1) is 6.92 Å². The van der Waals surface area contributed by atoms with Gasteiger partial charge in [-0.05, 0) is 31.0 Å². The summed E-state index contributed by atoms with van der Waals surface area (Å²) in [4.78, 5) is 5.49. The molecule has 1 aromatic heterocycles. The summed E-state index contributed by atoms with van der Waals surface area (Å²) in [6.07, 6.45) is 1.89. The second-order valence-electron chi connectivity index (χ2n) is 4.17. The Morgan fingerprint density at radius 1 is 1.39 bits per heavy atom. The van der Waals surface area contributed by atoms with Crippen LogP contribution in [-0.4, -0.2) is 10.1 Å². The largest absolute Gasteiger partial charge is 0.399 e. The molecule has 0 amide bonds. The van der Waals surface area contributed by atoms with Crippen molar-refractivity contribution in [1.29, 1.82) is 0 Å². The fourth-order valence-electron chi connectivity index (χ4n) is 1.59. The van der Waals surface area contributed by atoms with Gasteiger partial charge in [0, 0.05) is 17.0 Å². The molecule has 96 valence electrons. The highest BCUT2D eigenvalue weighted by Crippen LogP contribution is 2.27. The Labute approximate surface area is 111 Å². The van der Waals surface area contributed by atoms with Crippen LogP contribution in [0.2, 0.25) is 0 Å². The second-order valence-corrected chi connectivity index (χ2v) is 5.19. The van der Waals surface area contributed by atoms with Gasteiger partial charge in [0.25, 0.3) is 0 Å². The first-order valence-electron chi connectivity index (χ1n) is 5.99. The lowest BCUT2D eigenvalue weighted by Gasteiger charge is -2.04. The number of benzene rings is 1. The van der Waals surface area contributed by atoms with E-state index in [4.69, 9.17) is 10.3 Å². The molecule has 2 aromatic rings. The minimum Gasteiger partial charge on any atom is -0.399 e. The number of nitrogen functional groups attached to an aromatic ring is 1. The van der Waals surface area contributed by atoms with E-state index in [-0.39, 0.29) is 0 Å². The quantitative estimate of drug-likeness (QED) is 0.663. The van der Waals surface area contributed by atoms with Gasteiger partial charge in [-0.15, -0.1) is 11.8 Å². The Kier molecular flexibility index (Phi) is 4.25. The van der Waals surface area contributed by atoms with Crippen molar-refractivity contribution in [2.75, 3.05) is 5.73 Å². The zero-order valence-corrected chi connectivity index (χ0v) is 11.5. The molecule has 0 bridgehead atoms. The third-order valence-electron chi connectivity index (χ3n) is 2.55. The van der Waals surface area contributed by atoms with Crippen LogP contribution in [0.3, 0.4) is 0 Å². The smallest absolute Gasteiger partial charge is 0.237 e. The predicted octanol–water partition coefficient (Wildman–Crippen LogP) is 3.21. The van der Waals surface area contributed by atoms with Gasteiger partial charge in [0.05, 0.1) is 5.75 Å². The van der Waals surface area contributed by atoms with Gasteiger partial charge < -0.3 is 10.3 Å². The Morgan fingerprint density at radius 2 is 2.22 bits per heavy atom. The lowest BCUT2D eigenvalue weighted by molar-refractivity contribution is 0.384. The van der Waals surface area contributed by atoms with Gasteiger partial charge in [-0.2, -0.15) is 4.98 Å². The number of thioether (sulfide) groups is 1. The molecule has 1 heterocycles. The highest BCUT2D eigenvalue weighted by molar-refractivity contribution is 7.98. The molecular weight excluding hydrogens is 246 g/mol. The number of nitrogens with zero attached hydrogens (tertiary/aromatic N) is 2. The van der Waals surface area contributed by atoms with Gasteiger partial charge in [-0.25, -0.2) is 0 Å². The predicted molar refractivity (Wildman–Crippen MR) is 73.4 cm³/mol. The molecule has 0 aliphatic carbocycles. The average molecular weight is 263 g/mol. The molecule has 0 spiro atoms. The van der Waals surface area contributed by atoms with Crippen LogP contribution in [0.15, 0.2) is 27.6 Å². The van der Waals surface area contributed by atoms with E-state index in [1.54, 1.807) is 11.8 Å². The molecule has 0 aliphatic rings. The van der Waals surface area contributed by atoms with E-state index in [2.05, 4.69) is 24.0 Å². The molecule has 18 heavy (non-hydrogen) atoms. The maximum atomic E-state index is 5.78. The number of nitrogens with two attached hydrogens (primary N) is 1. The Hall–Kier alpha value is -1.49. The molecule has 0 atom stereocenters. The SMILES string of the molecule is CCCc1noc(CSc2cc(N)ccc2C)n1. The maximum absolute atomic E-state index is 5.78. The number of aryl methyl sites for hydroxylation is 2. The van der Waals surface area contributed by atoms with Crippen molar-refractivity contribution in [2.45, 2.75) is 37.3 Å². The molecular formula is C13H17N3OS. The van der Waals surface area contributed by atoms with Gasteiger partial charge in [0.2, 0.25) is 5.89 Å². The Morgan fingerprint density at radius 3 is 3.00 bits per heavy atom. The maximum Gasteiger partial charge on any atom is 0.237 e. The summed E-state index contributed by atoms with van der Waals surface area (Å²) < 4.78 is 5.20. The third-order valence-corrected chi connectivity index (χ3v) is 3.69. The topological polar surface area (TPSA) is 64.9 Å². The number of hydrogen-bond acceptors (Lipinski definition) is 5. The minimum absolute atomic E-state index is 0.672. The molecule has 0 aliphatic heterocycles. The van der Waals surface area contributed by atoms with Crippen LogP contribution in [0.4, 0.5) is 5.69 Å². The first-order valence-corrected chi connectivity index (χ1v) is 6.98. The number of hydrogen-bond donors (Lipinski definition) is 1. The van der Waals surface area contributed by atoms with Gasteiger partial charge in [0.15, 0.2) is 5.82 Å². The summed E-state index contributed by atoms with van der Waals surface area (Å²) in [5.74, 6) is 2.14. The van der Waals surface area contributed by atoms with E-state index < -0.39 is 0 Å². The molecule has 0 fully saturated rings. The molecule has 2 rings (SSSR count). The highest BCUT2D eigenvalue weighted by Gasteiger charge is 2.07. The van der Waals surface area contributed by atoms with Crippen molar-refractivity contribution in [3.63, 3.8) is 0 Å². The summed E-state index contributed by atoms with van der Waals surface area (Å²) in [6, 6.07) is 5.91. The molecule has 2 N–H and O–H groups in total. The average Bonchev–Trinajstić information content (AvgIpc) is 2.79. The van der Waals surface area contributed by atoms with Crippen LogP contribution >= 0.6 is 11.8 Å². The first kappa shape index (κ1) is 13.0. The van der Waals surface area contributed by atoms with E-state index in [1.807, 2.05) is 18.2 Å². The van der Waals surface area contributed by atoms with Crippen LogP contribution in [0.25, 0.3) is 0 Å². The van der Waals surface area contributed by atoms with Crippen molar-refractivity contribution in [3.05, 3.63) is 35.5 Å². The Balaban J connectivity index is 1.99. The molecule has 0 saturated carbocycles. The minimum atomic E-state index is 0.672. The zero-order valence-electron chi connectivity index (χ0n) is 10.6. The lowest BCUT2D eigenvalue weighted by Crippen LogP contribution is -1.89. The van der Waals surface area contributed by atoms with Crippen molar-refractivity contribution >= 4 is 17.4 Å². The summed E-state index contributed by atoms with van der Waals surface area (Å²) in [5.41, 5.74) is 7.76. The van der Waals surface area contributed by atoms with Crippen molar-refractivity contribution in [2.24, 2.45) is 0 Å². The second kappa shape index (κ2) is 5.91. The molecule has 0 saturated heterocycles. The molecule has 5 heteroatoms. The molecule has 4 nitrogen and oxygen atoms in total. The van der Waals surface area contributed by atoms with Crippen LogP contribution in [0.5, 0.6) is 0 Å². The monoisotopic (exact) mass is 263 g/mol. The Bertz CT molecular complexity index is 525. The van der Waals surface area contributed by atoms with E-state index in [1.165, 1.54) is 5.56 Å². The van der Waals surface area contributed by atoms with Gasteiger partial charge in [-0.3, -0.25) is 0 Å². The fraction of sp³-hybridized carbons (Fsp3) is 0.385. The molecule has 1 aromatic carbocycles. The van der Waals surface area contributed by atoms with Gasteiger partial charge >= 0.3 is 0 Å². The number of rotatable bonds is 5. The lowest BCUT2D eigenvalue weighted by atomic mass is 10.2. The van der Waals surface area contributed by atoms with E-state index in [9.17, 15) is 0 Å². The zero-order chi connectivity index (χ0) is 13.0. The highest BCUT2D eigenvalue weighted by atomic mass is 32.2. The number of aromatic nitrogens is 2. The third kappa shape index (κ3) is 3.26. The summed E-state index contributed by atoms with van der Waals surface area (Å²) in [7, 11) is 0. The summed E-state index contributed by atoms with van der Waals surface area (Å²) >= 11 is 1.67. The number of anilines is 1. The molecule has 0 radical (unpaired) electrons. The summed E-state index contributed by atoms with van der Waals surface area (Å²) in [6.45, 7) is 4.17. The van der Waals surface area contributed by atoms with Crippen molar-refractivity contribution < 1.29 is 4.52 Å². The normalized spacial score (nSPS) is 10.8. The van der Waals surface area contributed by atoms with E-state index >= 15 is 0 Å². The van der Waals surface area contributed by atoms with Crippen molar-refractivity contribution in [3.8, 4) is 0 Å². The van der Waals surface area contributed by atoms with Gasteiger partial charge in [0.1, 0.15) is 0 Å². The van der Waals surface area contributed by atoms with E-state index in [0.29, 0.717) is 11.6 Å². The summed E-state index contributed by atoms with van der Waals surface area (Å²) in [5, 5.41) is 3.93. The first-order chi connectivity index (χ1) is 8.69. The van der Waals surface area contributed by atoms with Crippen molar-refractivity contribution in [1.82, 2.24) is 10.1 Å². The fourth-order valence-corrected chi connectivity index (χ4v) is 2.50. The van der Waals surface area contributed by atoms with Crippen LogP contribution < -0.4 is 5.73 Å². The van der Waals surface area contributed by atoms with E-state index in [0.717, 1.165) is 29.2 Å². The van der Waals surface area contributed by atoms with Crippen LogP contribution in [-0.2, 0) is 12.2 Å². The van der Waals surface area contributed by atoms with Crippen LogP contribution in [0.1, 0.15) is 30.6 Å². The molecule has 0 unspecified atom stereocenters. The standard InChI is InChI=1S/C13H17N3OS/c1-3-4-12-15-13(17-16-12)8-18-11-7-10(14)6-5-9(11)2/h5-7H,3-4,8,14H2,1-2H3. The van der Waals surface area contributed by atoms with Gasteiger partial charge in [-0.1, -0.05) is 18.1 Å².